The van der Waals surface area contributed by atoms with Crippen LogP contribution in [0.2, 0.25) is 0 Å². The van der Waals surface area contributed by atoms with Gasteiger partial charge in [0, 0.05) is 42.8 Å². The molecular formula is C36H43IN8O5. The Kier molecular flexibility index (Phi) is 13.7. The molecule has 0 fully saturated rings. The molecule has 0 radical (unpaired) electrons. The topological polar surface area (TPSA) is 215 Å². The van der Waals surface area contributed by atoms with E-state index in [9.17, 15) is 24.0 Å². The van der Waals surface area contributed by atoms with E-state index in [0.29, 0.717) is 6.42 Å². The molecule has 0 saturated heterocycles. The van der Waals surface area contributed by atoms with Crippen LogP contribution in [0.25, 0.3) is 0 Å². The number of nitrogens with one attached hydrogen (secondary N) is 3. The Labute approximate surface area is 305 Å². The number of hydrogen-bond donors (Lipinski definition) is 6. The van der Waals surface area contributed by atoms with Crippen molar-refractivity contribution in [3.8, 4) is 0 Å². The Bertz CT molecular complexity index is 1700. The summed E-state index contributed by atoms with van der Waals surface area (Å²) in [6.07, 6.45) is 0.991. The largest absolute Gasteiger partial charge is 0.370 e. The van der Waals surface area contributed by atoms with E-state index in [1.54, 1.807) is 0 Å². The monoisotopic (exact) mass is 794 g/mol. The highest BCUT2D eigenvalue weighted by Gasteiger charge is 2.36. The fraction of sp³-hybridized carbons (Fsp3) is 0.333. The second-order valence-corrected chi connectivity index (χ2v) is 13.4. The second kappa shape index (κ2) is 18.1. The summed E-state index contributed by atoms with van der Waals surface area (Å²) in [4.78, 5) is 72.2. The fourth-order valence-corrected chi connectivity index (χ4v) is 6.17. The molecular weight excluding hydrogens is 751 g/mol. The molecule has 4 rings (SSSR count). The highest BCUT2D eigenvalue weighted by Crippen LogP contribution is 2.24. The average Bonchev–Trinajstić information content (AvgIpc) is 3.09. The van der Waals surface area contributed by atoms with E-state index in [1.807, 2.05) is 78.9 Å². The van der Waals surface area contributed by atoms with E-state index < -0.39 is 47.8 Å². The Morgan fingerprint density at radius 3 is 2.00 bits per heavy atom. The van der Waals surface area contributed by atoms with Crippen molar-refractivity contribution in [1.29, 1.82) is 0 Å². The number of halogens is 1. The van der Waals surface area contributed by atoms with Gasteiger partial charge in [0.05, 0.1) is 0 Å². The molecule has 1 heterocycles. The van der Waals surface area contributed by atoms with Gasteiger partial charge in [-0.2, -0.15) is 0 Å². The van der Waals surface area contributed by atoms with Gasteiger partial charge in [-0.25, -0.2) is 0 Å². The molecule has 1 aliphatic heterocycles. The van der Waals surface area contributed by atoms with Gasteiger partial charge in [-0.05, 0) is 69.8 Å². The number of carbonyl (C=O) groups excluding carboxylic acids is 5. The lowest BCUT2D eigenvalue weighted by Gasteiger charge is -2.36. The zero-order chi connectivity index (χ0) is 36.2. The standard InChI is InChI=1S/C36H43IN8O5/c1-22(46)45-21-26-11-6-5-10-25(26)20-31(45)35(50)42-28(12-7-17-41-36(39)40)33(48)44-30(19-24-13-15-27(37)16-14-24)34(49)43-29(32(38)47)18-23-8-3-2-4-9-23/h2-6,8-11,13-16,28-31H,7,12,17-21H2,1H3,(H2,38,47)(H,42,50)(H,43,49)(H,44,48)(H4,39,40,41)/t28-,29-,30+,31-/m0/s1. The molecule has 4 atom stereocenters. The van der Waals surface area contributed by atoms with Gasteiger partial charge in [0.2, 0.25) is 29.5 Å². The summed E-state index contributed by atoms with van der Waals surface area (Å²) < 4.78 is 0.988. The van der Waals surface area contributed by atoms with Crippen LogP contribution in [-0.4, -0.2) is 71.1 Å². The third-order valence-corrected chi connectivity index (χ3v) is 9.18. The van der Waals surface area contributed by atoms with Crippen molar-refractivity contribution >= 4 is 58.1 Å². The van der Waals surface area contributed by atoms with E-state index in [2.05, 4.69) is 43.5 Å². The third kappa shape index (κ3) is 11.0. The number of guanidine groups is 1. The maximum Gasteiger partial charge on any atom is 0.243 e. The number of nitrogens with two attached hydrogens (primary N) is 3. The van der Waals surface area contributed by atoms with Gasteiger partial charge in [-0.1, -0.05) is 66.7 Å². The van der Waals surface area contributed by atoms with Gasteiger partial charge >= 0.3 is 0 Å². The van der Waals surface area contributed by atoms with E-state index in [0.717, 1.165) is 25.8 Å². The molecule has 5 amide bonds. The SMILES string of the molecule is CC(=O)N1Cc2ccccc2C[C@H]1C(=O)N[C@@H](CCCN=C(N)N)C(=O)N[C@H](Cc1ccc(I)cc1)C(=O)N[C@@H](Cc1ccccc1)C(N)=O. The van der Waals surface area contributed by atoms with Gasteiger partial charge in [0.25, 0.3) is 0 Å². The van der Waals surface area contributed by atoms with Gasteiger partial charge in [-0.15, -0.1) is 0 Å². The number of primary amides is 1. The Morgan fingerprint density at radius 1 is 0.780 bits per heavy atom. The summed E-state index contributed by atoms with van der Waals surface area (Å²) in [5.41, 5.74) is 20.1. The van der Waals surface area contributed by atoms with E-state index in [4.69, 9.17) is 17.2 Å². The van der Waals surface area contributed by atoms with Crippen LogP contribution in [0.1, 0.15) is 42.0 Å². The first-order valence-electron chi connectivity index (χ1n) is 16.3. The number of rotatable bonds is 15. The van der Waals surface area contributed by atoms with Crippen LogP contribution in [0.4, 0.5) is 0 Å². The number of amides is 5. The smallest absolute Gasteiger partial charge is 0.243 e. The second-order valence-electron chi connectivity index (χ2n) is 12.2. The van der Waals surface area contributed by atoms with Crippen LogP contribution < -0.4 is 33.2 Å². The molecule has 14 heteroatoms. The summed E-state index contributed by atoms with van der Waals surface area (Å²) in [5, 5.41) is 8.36. The predicted octanol–water partition coefficient (Wildman–Crippen LogP) is 1.04. The minimum atomic E-state index is -1.13. The quantitative estimate of drug-likeness (QED) is 0.0569. The van der Waals surface area contributed by atoms with Crippen molar-refractivity contribution < 1.29 is 24.0 Å². The Balaban J connectivity index is 1.57. The minimum absolute atomic E-state index is 0.0947. The number of fused-ring (bicyclic) bond motifs is 1. The molecule has 3 aromatic rings. The van der Waals surface area contributed by atoms with Crippen LogP contribution in [0.15, 0.2) is 83.9 Å². The highest BCUT2D eigenvalue weighted by atomic mass is 127. The molecule has 0 unspecified atom stereocenters. The van der Waals surface area contributed by atoms with E-state index >= 15 is 0 Å². The van der Waals surface area contributed by atoms with Gasteiger partial charge in [0.1, 0.15) is 24.2 Å². The van der Waals surface area contributed by atoms with Crippen molar-refractivity contribution in [2.45, 2.75) is 69.7 Å². The molecule has 13 nitrogen and oxygen atoms in total. The highest BCUT2D eigenvalue weighted by molar-refractivity contribution is 14.1. The molecule has 0 aromatic heterocycles. The van der Waals surface area contributed by atoms with Gasteiger partial charge in [0.15, 0.2) is 5.96 Å². The summed E-state index contributed by atoms with van der Waals surface area (Å²) in [5.74, 6) is -2.86. The van der Waals surface area contributed by atoms with Crippen molar-refractivity contribution in [3.05, 3.63) is 105 Å². The van der Waals surface area contributed by atoms with E-state index in [1.165, 1.54) is 11.8 Å². The lowest BCUT2D eigenvalue weighted by atomic mass is 9.93. The first-order valence-corrected chi connectivity index (χ1v) is 17.4. The van der Waals surface area contributed by atoms with Gasteiger partial charge < -0.3 is 38.1 Å². The van der Waals surface area contributed by atoms with E-state index in [-0.39, 0.29) is 50.6 Å². The zero-order valence-electron chi connectivity index (χ0n) is 27.8. The molecule has 1 aliphatic rings. The van der Waals surface area contributed by atoms with Crippen molar-refractivity contribution in [2.24, 2.45) is 22.2 Å². The molecule has 50 heavy (non-hydrogen) atoms. The number of aliphatic imine (C=N–C) groups is 1. The van der Waals surface area contributed by atoms with Crippen molar-refractivity contribution in [3.63, 3.8) is 0 Å². The predicted molar refractivity (Wildman–Crippen MR) is 198 cm³/mol. The maximum atomic E-state index is 14.0. The Hall–Kier alpha value is -4.99. The van der Waals surface area contributed by atoms with Gasteiger partial charge in [-0.3, -0.25) is 29.0 Å². The summed E-state index contributed by atoms with van der Waals surface area (Å²) in [6, 6.07) is 20.0. The maximum absolute atomic E-state index is 14.0. The molecule has 0 spiro atoms. The van der Waals surface area contributed by atoms with Crippen LogP contribution in [-0.2, 0) is 49.8 Å². The minimum Gasteiger partial charge on any atom is -0.370 e. The Morgan fingerprint density at radius 2 is 1.36 bits per heavy atom. The normalized spacial score (nSPS) is 15.4. The molecule has 3 aromatic carbocycles. The molecule has 264 valence electrons. The molecule has 9 N–H and O–H groups in total. The number of hydrogen-bond acceptors (Lipinski definition) is 6. The fourth-order valence-electron chi connectivity index (χ4n) is 5.81. The zero-order valence-corrected chi connectivity index (χ0v) is 30.0. The van der Waals surface area contributed by atoms with Crippen LogP contribution in [0, 0.1) is 3.57 Å². The number of carbonyl (C=O) groups is 5. The lowest BCUT2D eigenvalue weighted by Crippen LogP contribution is -2.59. The number of nitrogens with zero attached hydrogens (tertiary/aromatic N) is 2. The van der Waals surface area contributed by atoms with Crippen LogP contribution >= 0.6 is 22.6 Å². The summed E-state index contributed by atoms with van der Waals surface area (Å²) in [7, 11) is 0. The lowest BCUT2D eigenvalue weighted by molar-refractivity contribution is -0.141. The molecule has 0 aliphatic carbocycles. The first kappa shape index (κ1) is 37.8. The molecule has 0 saturated carbocycles. The van der Waals surface area contributed by atoms with Crippen LogP contribution in [0.5, 0.6) is 0 Å². The number of benzene rings is 3. The van der Waals surface area contributed by atoms with Crippen LogP contribution in [0.3, 0.4) is 0 Å². The van der Waals surface area contributed by atoms with Crippen molar-refractivity contribution in [2.75, 3.05) is 6.54 Å². The molecule has 0 bridgehead atoms. The first-order chi connectivity index (χ1) is 23.9. The third-order valence-electron chi connectivity index (χ3n) is 8.46. The summed E-state index contributed by atoms with van der Waals surface area (Å²) in [6.45, 7) is 1.86. The summed E-state index contributed by atoms with van der Waals surface area (Å²) >= 11 is 2.17. The average molecular weight is 795 g/mol. The van der Waals surface area contributed by atoms with Crippen molar-refractivity contribution in [1.82, 2.24) is 20.9 Å².